The highest BCUT2D eigenvalue weighted by Gasteiger charge is 2.15. The van der Waals surface area contributed by atoms with Crippen molar-refractivity contribution in [2.75, 3.05) is 11.9 Å². The van der Waals surface area contributed by atoms with Crippen LogP contribution in [0, 0.1) is 6.92 Å². The van der Waals surface area contributed by atoms with Gasteiger partial charge in [0.2, 0.25) is 15.9 Å². The summed E-state index contributed by atoms with van der Waals surface area (Å²) in [5, 5.41) is 2.67. The molecule has 1 aromatic heterocycles. The number of hydrogen-bond donors (Lipinski definition) is 2. The van der Waals surface area contributed by atoms with E-state index in [4.69, 9.17) is 0 Å². The van der Waals surface area contributed by atoms with Crippen LogP contribution in [0.3, 0.4) is 0 Å². The maximum absolute atomic E-state index is 12.3. The van der Waals surface area contributed by atoms with Crippen LogP contribution in [0.1, 0.15) is 37.3 Å². The van der Waals surface area contributed by atoms with Crippen molar-refractivity contribution < 1.29 is 13.2 Å². The van der Waals surface area contributed by atoms with Gasteiger partial charge in [0.15, 0.2) is 0 Å². The molecule has 134 valence electrons. The van der Waals surface area contributed by atoms with E-state index in [2.05, 4.69) is 15.0 Å². The standard InChI is InChI=1S/C18H23N3O3S/c1-13(2)15-6-8-16(9-7-15)25(23,24)20-12-10-17(22)21-18-14(3)5-4-11-19-18/h4-9,11,13,20H,10,12H2,1-3H3,(H,19,21,22). The topological polar surface area (TPSA) is 88.2 Å². The van der Waals surface area contributed by atoms with Crippen molar-refractivity contribution in [1.82, 2.24) is 9.71 Å². The molecule has 0 fully saturated rings. The molecular weight excluding hydrogens is 338 g/mol. The lowest BCUT2D eigenvalue weighted by Gasteiger charge is -2.10. The van der Waals surface area contributed by atoms with Crippen LogP contribution in [0.5, 0.6) is 0 Å². The minimum atomic E-state index is -3.63. The average molecular weight is 361 g/mol. The maximum Gasteiger partial charge on any atom is 0.240 e. The van der Waals surface area contributed by atoms with E-state index < -0.39 is 10.0 Å². The molecule has 0 aliphatic carbocycles. The lowest BCUT2D eigenvalue weighted by atomic mass is 10.0. The van der Waals surface area contributed by atoms with Gasteiger partial charge in [0.25, 0.3) is 0 Å². The molecule has 1 heterocycles. The van der Waals surface area contributed by atoms with Crippen molar-refractivity contribution in [2.24, 2.45) is 0 Å². The van der Waals surface area contributed by atoms with Gasteiger partial charge < -0.3 is 5.32 Å². The van der Waals surface area contributed by atoms with E-state index >= 15 is 0 Å². The molecule has 0 spiro atoms. The van der Waals surface area contributed by atoms with E-state index in [1.165, 1.54) is 0 Å². The Morgan fingerprint density at radius 3 is 2.44 bits per heavy atom. The highest BCUT2D eigenvalue weighted by molar-refractivity contribution is 7.89. The molecule has 0 unspecified atom stereocenters. The lowest BCUT2D eigenvalue weighted by molar-refractivity contribution is -0.116. The van der Waals surface area contributed by atoms with E-state index in [9.17, 15) is 13.2 Å². The van der Waals surface area contributed by atoms with Crippen molar-refractivity contribution in [3.8, 4) is 0 Å². The molecule has 1 aromatic carbocycles. The number of benzene rings is 1. The van der Waals surface area contributed by atoms with Crippen molar-refractivity contribution >= 4 is 21.7 Å². The number of amides is 1. The summed E-state index contributed by atoms with van der Waals surface area (Å²) in [7, 11) is -3.63. The molecule has 6 nitrogen and oxygen atoms in total. The molecule has 0 aliphatic heterocycles. The quantitative estimate of drug-likeness (QED) is 0.794. The van der Waals surface area contributed by atoms with Gasteiger partial charge in [0.1, 0.15) is 5.82 Å². The van der Waals surface area contributed by atoms with Crippen LogP contribution in [0.4, 0.5) is 5.82 Å². The van der Waals surface area contributed by atoms with Gasteiger partial charge in [-0.3, -0.25) is 4.79 Å². The second kappa shape index (κ2) is 8.22. The number of carbonyl (C=O) groups excluding carboxylic acids is 1. The van der Waals surface area contributed by atoms with Gasteiger partial charge in [0, 0.05) is 19.2 Å². The summed E-state index contributed by atoms with van der Waals surface area (Å²) < 4.78 is 27.0. The molecule has 0 aliphatic rings. The molecule has 0 saturated carbocycles. The van der Waals surface area contributed by atoms with Gasteiger partial charge >= 0.3 is 0 Å². The minimum Gasteiger partial charge on any atom is -0.310 e. The molecule has 2 rings (SSSR count). The van der Waals surface area contributed by atoms with E-state index in [1.54, 1.807) is 36.5 Å². The first-order valence-corrected chi connectivity index (χ1v) is 9.59. The largest absolute Gasteiger partial charge is 0.310 e. The molecule has 0 bridgehead atoms. The molecular formula is C18H23N3O3S. The number of sulfonamides is 1. The summed E-state index contributed by atoms with van der Waals surface area (Å²) in [6, 6.07) is 10.4. The highest BCUT2D eigenvalue weighted by Crippen LogP contribution is 2.17. The third kappa shape index (κ3) is 5.37. The Kier molecular flexibility index (Phi) is 6.27. The summed E-state index contributed by atoms with van der Waals surface area (Å²) in [6.07, 6.45) is 1.62. The fourth-order valence-electron chi connectivity index (χ4n) is 2.23. The smallest absolute Gasteiger partial charge is 0.240 e. The summed E-state index contributed by atoms with van der Waals surface area (Å²) in [4.78, 5) is 16.2. The van der Waals surface area contributed by atoms with Crippen molar-refractivity contribution in [3.05, 3.63) is 53.7 Å². The van der Waals surface area contributed by atoms with E-state index in [1.807, 2.05) is 26.8 Å². The number of pyridine rings is 1. The van der Waals surface area contributed by atoms with Gasteiger partial charge in [-0.05, 0) is 42.2 Å². The Labute approximate surface area is 148 Å². The van der Waals surface area contributed by atoms with Gasteiger partial charge in [-0.2, -0.15) is 0 Å². The minimum absolute atomic E-state index is 0.0198. The fourth-order valence-corrected chi connectivity index (χ4v) is 3.26. The molecule has 2 N–H and O–H groups in total. The van der Waals surface area contributed by atoms with Crippen LogP contribution in [0.15, 0.2) is 47.5 Å². The van der Waals surface area contributed by atoms with Gasteiger partial charge in [-0.15, -0.1) is 0 Å². The van der Waals surface area contributed by atoms with Crippen LogP contribution < -0.4 is 10.0 Å². The molecule has 0 saturated heterocycles. The Balaban J connectivity index is 1.89. The Bertz CT molecular complexity index is 831. The first-order valence-electron chi connectivity index (χ1n) is 8.10. The van der Waals surface area contributed by atoms with Crippen LogP contribution in [-0.4, -0.2) is 25.9 Å². The number of rotatable bonds is 7. The van der Waals surface area contributed by atoms with Crippen LogP contribution in [-0.2, 0) is 14.8 Å². The first-order chi connectivity index (χ1) is 11.8. The zero-order valence-electron chi connectivity index (χ0n) is 14.6. The monoisotopic (exact) mass is 361 g/mol. The number of carbonyl (C=O) groups is 1. The Morgan fingerprint density at radius 1 is 1.16 bits per heavy atom. The number of aryl methyl sites for hydroxylation is 1. The normalized spacial score (nSPS) is 11.5. The zero-order valence-corrected chi connectivity index (χ0v) is 15.4. The van der Waals surface area contributed by atoms with E-state index in [0.717, 1.165) is 11.1 Å². The lowest BCUT2D eigenvalue weighted by Crippen LogP contribution is -2.28. The molecule has 0 radical (unpaired) electrons. The average Bonchev–Trinajstić information content (AvgIpc) is 2.57. The van der Waals surface area contributed by atoms with E-state index in [0.29, 0.717) is 11.7 Å². The van der Waals surface area contributed by atoms with Crippen molar-refractivity contribution in [2.45, 2.75) is 38.0 Å². The third-order valence-corrected chi connectivity index (χ3v) is 5.25. The molecule has 7 heteroatoms. The number of aromatic nitrogens is 1. The van der Waals surface area contributed by atoms with Gasteiger partial charge in [0.05, 0.1) is 4.90 Å². The van der Waals surface area contributed by atoms with Gasteiger partial charge in [-0.1, -0.05) is 32.0 Å². The fraction of sp³-hybridized carbons (Fsp3) is 0.333. The number of nitrogens with one attached hydrogen (secondary N) is 2. The van der Waals surface area contributed by atoms with Crippen molar-refractivity contribution in [3.63, 3.8) is 0 Å². The second-order valence-electron chi connectivity index (χ2n) is 6.09. The predicted octanol–water partition coefficient (Wildman–Crippen LogP) is 2.82. The molecule has 25 heavy (non-hydrogen) atoms. The van der Waals surface area contributed by atoms with Gasteiger partial charge in [-0.25, -0.2) is 18.1 Å². The number of hydrogen-bond acceptors (Lipinski definition) is 4. The summed E-state index contributed by atoms with van der Waals surface area (Å²) in [5.74, 6) is 0.530. The molecule has 0 atom stereocenters. The predicted molar refractivity (Wildman–Crippen MR) is 97.9 cm³/mol. The first kappa shape index (κ1) is 19.1. The number of anilines is 1. The Morgan fingerprint density at radius 2 is 1.84 bits per heavy atom. The highest BCUT2D eigenvalue weighted by atomic mass is 32.2. The van der Waals surface area contributed by atoms with Crippen LogP contribution in [0.2, 0.25) is 0 Å². The zero-order chi connectivity index (χ0) is 18.4. The Hall–Kier alpha value is -2.25. The number of nitrogens with zero attached hydrogens (tertiary/aromatic N) is 1. The third-order valence-electron chi connectivity index (χ3n) is 3.77. The molecule has 2 aromatic rings. The van der Waals surface area contributed by atoms with Crippen molar-refractivity contribution in [1.29, 1.82) is 0 Å². The van der Waals surface area contributed by atoms with E-state index in [-0.39, 0.29) is 23.8 Å². The second-order valence-corrected chi connectivity index (χ2v) is 7.86. The summed E-state index contributed by atoms with van der Waals surface area (Å²) in [5.41, 5.74) is 1.92. The summed E-state index contributed by atoms with van der Waals surface area (Å²) in [6.45, 7) is 5.95. The summed E-state index contributed by atoms with van der Waals surface area (Å²) >= 11 is 0. The maximum atomic E-state index is 12.3. The molecule has 1 amide bonds. The van der Waals surface area contributed by atoms with Crippen LogP contribution in [0.25, 0.3) is 0 Å². The SMILES string of the molecule is Cc1cccnc1NC(=O)CCNS(=O)(=O)c1ccc(C(C)C)cc1. The van der Waals surface area contributed by atoms with Crippen LogP contribution >= 0.6 is 0 Å².